The second-order valence-corrected chi connectivity index (χ2v) is 16.8. The molecule has 0 fully saturated rings. The first-order valence-electron chi connectivity index (χ1n) is 23.3. The van der Waals surface area contributed by atoms with Crippen molar-refractivity contribution >= 4 is 34.1 Å². The van der Waals surface area contributed by atoms with E-state index in [1.54, 1.807) is 0 Å². The minimum absolute atomic E-state index is 1.13. The molecule has 61 heavy (non-hydrogen) atoms. The summed E-state index contributed by atoms with van der Waals surface area (Å²) in [5, 5.41) is 0. The van der Waals surface area contributed by atoms with E-state index in [1.807, 2.05) is 0 Å². The third kappa shape index (κ3) is 11.5. The normalized spacial score (nSPS) is 11.1. The number of anilines is 6. The summed E-state index contributed by atoms with van der Waals surface area (Å²) in [4.78, 5) is 4.78. The Bertz CT molecular complexity index is 2270. The molecule has 0 unspecified atom stereocenters. The molecule has 0 heterocycles. The topological polar surface area (TPSA) is 6.48 Å². The van der Waals surface area contributed by atoms with E-state index in [0.717, 1.165) is 37.1 Å². The highest BCUT2D eigenvalue weighted by Crippen LogP contribution is 2.38. The molecular weight excluding hydrogens is 737 g/mol. The summed E-state index contributed by atoms with van der Waals surface area (Å²) in [5.41, 5.74) is 17.5. The Morgan fingerprint density at radius 3 is 0.656 bits per heavy atom. The van der Waals surface area contributed by atoms with E-state index in [4.69, 9.17) is 0 Å². The van der Waals surface area contributed by atoms with Crippen LogP contribution in [0.1, 0.15) is 108 Å². The van der Waals surface area contributed by atoms with Crippen molar-refractivity contribution in [2.75, 3.05) is 9.80 Å². The summed E-state index contributed by atoms with van der Waals surface area (Å²) in [5.74, 6) is 0. The number of hydrogen-bond acceptors (Lipinski definition) is 2. The Balaban J connectivity index is 1.10. The van der Waals surface area contributed by atoms with Gasteiger partial charge < -0.3 is 9.80 Å². The Morgan fingerprint density at radius 2 is 0.426 bits per heavy atom. The van der Waals surface area contributed by atoms with Crippen molar-refractivity contribution < 1.29 is 0 Å². The number of hydrogen-bond donors (Lipinski definition) is 0. The average molecular weight is 803 g/mol. The van der Waals surface area contributed by atoms with Crippen molar-refractivity contribution in [1.29, 1.82) is 0 Å². The molecule has 0 radical (unpaired) electrons. The first kappa shape index (κ1) is 43.2. The number of nitrogens with zero attached hydrogens (tertiary/aromatic N) is 2. The second-order valence-electron chi connectivity index (χ2n) is 16.8. The molecule has 0 saturated heterocycles. The van der Waals surface area contributed by atoms with Crippen molar-refractivity contribution in [3.8, 4) is 22.3 Å². The predicted molar refractivity (Wildman–Crippen MR) is 266 cm³/mol. The SMILES string of the molecule is CCCCCc1ccc(N(c2ccc(CCCC)cc2)c2ccc(-c3ccc(-c4ccc(N(c5ccc(CCCC)cc5)c5ccc(CCCC)cc5)cc4)cc3)cc2)cc1. The quantitative estimate of drug-likeness (QED) is 0.0668. The maximum absolute atomic E-state index is 2.39. The third-order valence-electron chi connectivity index (χ3n) is 12.1. The molecule has 0 aliphatic carbocycles. The summed E-state index contributed by atoms with van der Waals surface area (Å²) >= 11 is 0. The Labute approximate surface area is 367 Å². The molecule has 0 aromatic heterocycles. The van der Waals surface area contributed by atoms with E-state index in [0.29, 0.717) is 0 Å². The fourth-order valence-corrected chi connectivity index (χ4v) is 8.32. The Hall–Kier alpha value is -5.86. The molecule has 0 atom stereocenters. The Kier molecular flexibility index (Phi) is 15.7. The smallest absolute Gasteiger partial charge is 0.0462 e. The number of benzene rings is 7. The van der Waals surface area contributed by atoms with E-state index in [9.17, 15) is 0 Å². The van der Waals surface area contributed by atoms with Crippen LogP contribution < -0.4 is 9.80 Å². The number of rotatable bonds is 21. The maximum atomic E-state index is 2.39. The molecule has 0 aliphatic heterocycles. The summed E-state index contributed by atoms with van der Waals surface area (Å²) < 4.78 is 0. The first-order valence-corrected chi connectivity index (χ1v) is 23.3. The molecule has 312 valence electrons. The van der Waals surface area contributed by atoms with Crippen LogP contribution in [0.2, 0.25) is 0 Å². The van der Waals surface area contributed by atoms with Crippen molar-refractivity contribution in [3.63, 3.8) is 0 Å². The molecule has 0 amide bonds. The fraction of sp³-hybridized carbons (Fsp3) is 0.288. The van der Waals surface area contributed by atoms with Crippen LogP contribution in [0, 0.1) is 0 Å². The lowest BCUT2D eigenvalue weighted by atomic mass is 9.99. The average Bonchev–Trinajstić information content (AvgIpc) is 3.32. The Morgan fingerprint density at radius 1 is 0.230 bits per heavy atom. The van der Waals surface area contributed by atoms with E-state index in [-0.39, 0.29) is 0 Å². The lowest BCUT2D eigenvalue weighted by Crippen LogP contribution is -2.10. The maximum Gasteiger partial charge on any atom is 0.0462 e. The van der Waals surface area contributed by atoms with Gasteiger partial charge in [0.05, 0.1) is 0 Å². The van der Waals surface area contributed by atoms with Gasteiger partial charge in [-0.1, -0.05) is 157 Å². The second kappa shape index (κ2) is 22.1. The highest BCUT2D eigenvalue weighted by molar-refractivity contribution is 5.81. The van der Waals surface area contributed by atoms with Crippen molar-refractivity contribution in [2.45, 2.75) is 111 Å². The van der Waals surface area contributed by atoms with E-state index >= 15 is 0 Å². The van der Waals surface area contributed by atoms with Crippen LogP contribution in [0.15, 0.2) is 170 Å². The van der Waals surface area contributed by atoms with Crippen LogP contribution in [0.25, 0.3) is 22.3 Å². The minimum atomic E-state index is 1.13. The van der Waals surface area contributed by atoms with Gasteiger partial charge in [0.2, 0.25) is 0 Å². The zero-order valence-corrected chi connectivity index (χ0v) is 37.3. The van der Waals surface area contributed by atoms with Crippen LogP contribution in [-0.2, 0) is 25.7 Å². The minimum Gasteiger partial charge on any atom is -0.311 e. The van der Waals surface area contributed by atoms with Gasteiger partial charge in [0.25, 0.3) is 0 Å². The van der Waals surface area contributed by atoms with E-state index < -0.39 is 0 Å². The van der Waals surface area contributed by atoms with Crippen LogP contribution in [0.5, 0.6) is 0 Å². The zero-order valence-electron chi connectivity index (χ0n) is 37.3. The molecule has 7 rings (SSSR count). The molecule has 2 heteroatoms. The molecule has 0 saturated carbocycles. The molecule has 0 N–H and O–H groups in total. The van der Waals surface area contributed by atoms with Crippen molar-refractivity contribution in [3.05, 3.63) is 192 Å². The number of aryl methyl sites for hydroxylation is 4. The van der Waals surface area contributed by atoms with Crippen LogP contribution in [0.3, 0.4) is 0 Å². The van der Waals surface area contributed by atoms with Gasteiger partial charge in [-0.2, -0.15) is 0 Å². The summed E-state index contributed by atoms with van der Waals surface area (Å²) in [6.07, 6.45) is 15.6. The fourth-order valence-electron chi connectivity index (χ4n) is 8.32. The molecule has 7 aromatic rings. The van der Waals surface area contributed by atoms with Crippen LogP contribution in [-0.4, -0.2) is 0 Å². The van der Waals surface area contributed by atoms with Gasteiger partial charge >= 0.3 is 0 Å². The standard InChI is InChI=1S/C59H66N2/c1-5-9-13-17-49-24-40-57(41-25-49)61(56-38-22-48(23-39-56)16-12-8-4)59-44-32-53(33-45-59)51-28-26-50(27-29-51)52-30-42-58(43-31-52)60(54-34-18-46(19-35-54)14-10-6-2)55-36-20-47(21-37-55)15-11-7-3/h18-45H,5-17H2,1-4H3. The predicted octanol–water partition coefficient (Wildman–Crippen LogP) is 17.7. The number of unbranched alkanes of at least 4 members (excludes halogenated alkanes) is 5. The molecular formula is C59H66N2. The summed E-state index contributed by atoms with van der Waals surface area (Å²) in [6, 6.07) is 63.9. The molecule has 0 bridgehead atoms. The first-order chi connectivity index (χ1) is 30.1. The van der Waals surface area contributed by atoms with Gasteiger partial charge in [-0.05, 0) is 169 Å². The molecule has 2 nitrogen and oxygen atoms in total. The summed E-state index contributed by atoms with van der Waals surface area (Å²) in [6.45, 7) is 9.05. The van der Waals surface area contributed by atoms with Crippen LogP contribution >= 0.6 is 0 Å². The van der Waals surface area contributed by atoms with Gasteiger partial charge in [0.15, 0.2) is 0 Å². The molecule has 7 aromatic carbocycles. The largest absolute Gasteiger partial charge is 0.311 e. The van der Waals surface area contributed by atoms with Crippen molar-refractivity contribution in [1.82, 2.24) is 0 Å². The highest BCUT2D eigenvalue weighted by atomic mass is 15.1. The highest BCUT2D eigenvalue weighted by Gasteiger charge is 2.15. The van der Waals surface area contributed by atoms with Gasteiger partial charge in [0, 0.05) is 34.1 Å². The van der Waals surface area contributed by atoms with Crippen LogP contribution in [0.4, 0.5) is 34.1 Å². The van der Waals surface area contributed by atoms with Gasteiger partial charge in [0.1, 0.15) is 0 Å². The van der Waals surface area contributed by atoms with Gasteiger partial charge in [-0.15, -0.1) is 0 Å². The summed E-state index contributed by atoms with van der Waals surface area (Å²) in [7, 11) is 0. The lowest BCUT2D eigenvalue weighted by molar-refractivity contribution is 0.717. The molecule has 0 spiro atoms. The van der Waals surface area contributed by atoms with E-state index in [1.165, 1.54) is 125 Å². The monoisotopic (exact) mass is 803 g/mol. The lowest BCUT2D eigenvalue weighted by Gasteiger charge is -2.26. The third-order valence-corrected chi connectivity index (χ3v) is 12.1. The van der Waals surface area contributed by atoms with Crippen molar-refractivity contribution in [2.24, 2.45) is 0 Å². The van der Waals surface area contributed by atoms with Gasteiger partial charge in [-0.25, -0.2) is 0 Å². The molecule has 0 aliphatic rings. The van der Waals surface area contributed by atoms with Gasteiger partial charge in [-0.3, -0.25) is 0 Å². The zero-order chi connectivity index (χ0) is 42.2. The van der Waals surface area contributed by atoms with E-state index in [2.05, 4.69) is 207 Å².